The average molecular weight is 441 g/mol. The molecule has 4 rings (SSSR count). The molecule has 1 aromatic carbocycles. The first-order chi connectivity index (χ1) is 15.1. The zero-order valence-electron chi connectivity index (χ0n) is 17.2. The zero-order chi connectivity index (χ0) is 21.6. The first kappa shape index (κ1) is 21.0. The predicted molar refractivity (Wildman–Crippen MR) is 118 cm³/mol. The molecule has 1 aliphatic carbocycles. The number of carbonyl (C=O) groups is 2. The number of methoxy groups -OCH3 is 1. The SMILES string of the molecule is COc1ccc(OCC(=O)Nc2sc3c(c2C(=O)NCc2ccco2)CCCC3)cc1. The van der Waals surface area contributed by atoms with Gasteiger partial charge in [0.05, 0.1) is 25.5 Å². The van der Waals surface area contributed by atoms with E-state index < -0.39 is 0 Å². The van der Waals surface area contributed by atoms with Crippen LogP contribution >= 0.6 is 11.3 Å². The maximum atomic E-state index is 13.0. The molecule has 8 heteroatoms. The number of fused-ring (bicyclic) bond motifs is 1. The largest absolute Gasteiger partial charge is 0.497 e. The third-order valence-electron chi connectivity index (χ3n) is 5.08. The number of carbonyl (C=O) groups excluding carboxylic acids is 2. The molecule has 2 amide bonds. The van der Waals surface area contributed by atoms with Gasteiger partial charge in [-0.2, -0.15) is 0 Å². The van der Waals surface area contributed by atoms with Crippen LogP contribution in [0.2, 0.25) is 0 Å². The van der Waals surface area contributed by atoms with Crippen LogP contribution in [-0.4, -0.2) is 25.5 Å². The van der Waals surface area contributed by atoms with Crippen LogP contribution in [0.1, 0.15) is 39.4 Å². The Bertz CT molecular complexity index is 1040. The van der Waals surface area contributed by atoms with Gasteiger partial charge in [-0.15, -0.1) is 11.3 Å². The minimum Gasteiger partial charge on any atom is -0.497 e. The van der Waals surface area contributed by atoms with E-state index in [1.165, 1.54) is 16.2 Å². The van der Waals surface area contributed by atoms with Crippen LogP contribution in [0.3, 0.4) is 0 Å². The van der Waals surface area contributed by atoms with E-state index in [1.54, 1.807) is 43.7 Å². The number of benzene rings is 1. The van der Waals surface area contributed by atoms with E-state index in [4.69, 9.17) is 13.9 Å². The third kappa shape index (κ3) is 5.08. The molecule has 0 aliphatic heterocycles. The number of rotatable bonds is 8. The van der Waals surface area contributed by atoms with Gasteiger partial charge in [-0.05, 0) is 67.6 Å². The Labute approximate surface area is 184 Å². The molecule has 2 aromatic heterocycles. The van der Waals surface area contributed by atoms with Gasteiger partial charge in [0.1, 0.15) is 22.3 Å². The number of nitrogens with one attached hydrogen (secondary N) is 2. The molecule has 1 aliphatic rings. The molecular weight excluding hydrogens is 416 g/mol. The number of hydrogen-bond acceptors (Lipinski definition) is 6. The number of aryl methyl sites for hydroxylation is 1. The minimum absolute atomic E-state index is 0.150. The lowest BCUT2D eigenvalue weighted by Gasteiger charge is -2.13. The maximum absolute atomic E-state index is 13.0. The number of anilines is 1. The fourth-order valence-corrected chi connectivity index (χ4v) is 4.85. The van der Waals surface area contributed by atoms with Crippen LogP contribution in [0.5, 0.6) is 11.5 Å². The standard InChI is InChI=1S/C23H24N2O5S/c1-28-15-8-10-16(11-9-15)30-14-20(26)25-23-21(18-6-2-3-7-19(18)31-23)22(27)24-13-17-5-4-12-29-17/h4-5,8-12H,2-3,6-7,13-14H2,1H3,(H,24,27)(H,25,26). The topological polar surface area (TPSA) is 89.8 Å². The Hall–Kier alpha value is -3.26. The van der Waals surface area contributed by atoms with Crippen molar-refractivity contribution in [2.75, 3.05) is 19.0 Å². The molecule has 162 valence electrons. The third-order valence-corrected chi connectivity index (χ3v) is 6.29. The summed E-state index contributed by atoms with van der Waals surface area (Å²) in [5.41, 5.74) is 1.60. The lowest BCUT2D eigenvalue weighted by molar-refractivity contribution is -0.118. The van der Waals surface area contributed by atoms with Crippen molar-refractivity contribution in [1.82, 2.24) is 5.32 Å². The van der Waals surface area contributed by atoms with Gasteiger partial charge in [0.2, 0.25) is 0 Å². The molecule has 31 heavy (non-hydrogen) atoms. The fraction of sp³-hybridized carbons (Fsp3) is 0.304. The smallest absolute Gasteiger partial charge is 0.262 e. The van der Waals surface area contributed by atoms with Crippen molar-refractivity contribution >= 4 is 28.2 Å². The number of thiophene rings is 1. The van der Waals surface area contributed by atoms with E-state index >= 15 is 0 Å². The van der Waals surface area contributed by atoms with Crippen LogP contribution in [0.25, 0.3) is 0 Å². The van der Waals surface area contributed by atoms with Gasteiger partial charge in [0, 0.05) is 4.88 Å². The molecule has 0 saturated heterocycles. The fourth-order valence-electron chi connectivity index (χ4n) is 3.55. The summed E-state index contributed by atoms with van der Waals surface area (Å²) in [5.74, 6) is 1.44. The molecule has 0 bridgehead atoms. The highest BCUT2D eigenvalue weighted by Crippen LogP contribution is 2.38. The number of ether oxygens (including phenoxy) is 2. The van der Waals surface area contributed by atoms with Crippen molar-refractivity contribution in [3.8, 4) is 11.5 Å². The molecule has 0 saturated carbocycles. The molecular formula is C23H24N2O5S. The molecule has 2 heterocycles. The van der Waals surface area contributed by atoms with Crippen LogP contribution in [0.15, 0.2) is 47.1 Å². The van der Waals surface area contributed by atoms with Gasteiger partial charge in [-0.25, -0.2) is 0 Å². The van der Waals surface area contributed by atoms with Crippen LogP contribution < -0.4 is 20.1 Å². The van der Waals surface area contributed by atoms with Crippen molar-refractivity contribution < 1.29 is 23.5 Å². The van der Waals surface area contributed by atoms with E-state index in [9.17, 15) is 9.59 Å². The summed E-state index contributed by atoms with van der Waals surface area (Å²) < 4.78 is 16.0. The van der Waals surface area contributed by atoms with Gasteiger partial charge >= 0.3 is 0 Å². The van der Waals surface area contributed by atoms with E-state index in [1.807, 2.05) is 6.07 Å². The van der Waals surface area contributed by atoms with E-state index in [2.05, 4.69) is 10.6 Å². The van der Waals surface area contributed by atoms with Gasteiger partial charge in [-0.3, -0.25) is 9.59 Å². The first-order valence-electron chi connectivity index (χ1n) is 10.2. The van der Waals surface area contributed by atoms with Crippen LogP contribution in [0, 0.1) is 0 Å². The van der Waals surface area contributed by atoms with Gasteiger partial charge < -0.3 is 24.5 Å². The second-order valence-corrected chi connectivity index (χ2v) is 8.29. The highest BCUT2D eigenvalue weighted by molar-refractivity contribution is 7.17. The quantitative estimate of drug-likeness (QED) is 0.549. The maximum Gasteiger partial charge on any atom is 0.262 e. The Morgan fingerprint density at radius 1 is 1.10 bits per heavy atom. The molecule has 0 fully saturated rings. The zero-order valence-corrected chi connectivity index (χ0v) is 18.1. The molecule has 0 radical (unpaired) electrons. The number of furan rings is 1. The van der Waals surface area contributed by atoms with E-state index in [0.29, 0.717) is 34.4 Å². The van der Waals surface area contributed by atoms with E-state index in [-0.39, 0.29) is 18.4 Å². The van der Waals surface area contributed by atoms with Crippen molar-refractivity contribution in [2.45, 2.75) is 32.2 Å². The van der Waals surface area contributed by atoms with Crippen LogP contribution in [0.4, 0.5) is 5.00 Å². The second-order valence-electron chi connectivity index (χ2n) is 7.19. The summed E-state index contributed by atoms with van der Waals surface area (Å²) in [4.78, 5) is 26.7. The molecule has 7 nitrogen and oxygen atoms in total. The summed E-state index contributed by atoms with van der Waals surface area (Å²) in [6, 6.07) is 10.6. The van der Waals surface area contributed by atoms with Gasteiger partial charge in [0.25, 0.3) is 11.8 Å². The summed E-state index contributed by atoms with van der Waals surface area (Å²) in [6.07, 6.45) is 5.47. The molecule has 2 N–H and O–H groups in total. The van der Waals surface area contributed by atoms with Gasteiger partial charge in [0.15, 0.2) is 6.61 Å². The molecule has 0 unspecified atom stereocenters. The Morgan fingerprint density at radius 3 is 2.61 bits per heavy atom. The lowest BCUT2D eigenvalue weighted by Crippen LogP contribution is -2.26. The second kappa shape index (κ2) is 9.70. The Kier molecular flexibility index (Phi) is 6.57. The van der Waals surface area contributed by atoms with Gasteiger partial charge in [-0.1, -0.05) is 0 Å². The Morgan fingerprint density at radius 2 is 1.87 bits per heavy atom. The summed E-state index contributed by atoms with van der Waals surface area (Å²) in [7, 11) is 1.59. The van der Waals surface area contributed by atoms with Crippen molar-refractivity contribution in [3.63, 3.8) is 0 Å². The van der Waals surface area contributed by atoms with E-state index in [0.717, 1.165) is 31.2 Å². The summed E-state index contributed by atoms with van der Waals surface area (Å²) in [6.45, 7) is 0.146. The first-order valence-corrected chi connectivity index (χ1v) is 11.0. The van der Waals surface area contributed by atoms with Crippen molar-refractivity contribution in [1.29, 1.82) is 0 Å². The molecule has 0 spiro atoms. The monoisotopic (exact) mass is 440 g/mol. The number of amides is 2. The predicted octanol–water partition coefficient (Wildman–Crippen LogP) is 4.18. The van der Waals surface area contributed by atoms with Crippen molar-refractivity contribution in [3.05, 3.63) is 64.4 Å². The lowest BCUT2D eigenvalue weighted by atomic mass is 9.95. The van der Waals surface area contributed by atoms with Crippen molar-refractivity contribution in [2.24, 2.45) is 0 Å². The molecule has 3 aromatic rings. The average Bonchev–Trinajstić information content (AvgIpc) is 3.44. The normalized spacial score (nSPS) is 12.7. The summed E-state index contributed by atoms with van der Waals surface area (Å²) in [5, 5.41) is 6.36. The minimum atomic E-state index is -0.311. The highest BCUT2D eigenvalue weighted by atomic mass is 32.1. The highest BCUT2D eigenvalue weighted by Gasteiger charge is 2.26. The molecule has 0 atom stereocenters. The summed E-state index contributed by atoms with van der Waals surface area (Å²) >= 11 is 1.48. The van der Waals surface area contributed by atoms with Crippen LogP contribution in [-0.2, 0) is 24.2 Å². The number of hydrogen-bond donors (Lipinski definition) is 2. The Balaban J connectivity index is 1.44.